The lowest BCUT2D eigenvalue weighted by atomic mass is 10.0. The molecule has 0 saturated carbocycles. The van der Waals surface area contributed by atoms with E-state index in [4.69, 9.17) is 11.6 Å². The van der Waals surface area contributed by atoms with Crippen molar-refractivity contribution in [2.75, 3.05) is 6.54 Å². The number of halogens is 4. The molecule has 0 saturated heterocycles. The van der Waals surface area contributed by atoms with Gasteiger partial charge in [0, 0.05) is 17.1 Å². The van der Waals surface area contributed by atoms with Crippen molar-refractivity contribution in [1.29, 1.82) is 0 Å². The average Bonchev–Trinajstić information content (AvgIpc) is 2.44. The van der Waals surface area contributed by atoms with Gasteiger partial charge in [0.25, 0.3) is 0 Å². The molecule has 2 rings (SSSR count). The maximum atomic E-state index is 13.7. The smallest absolute Gasteiger partial charge is 0.195 e. The Morgan fingerprint density at radius 3 is 2.45 bits per heavy atom. The summed E-state index contributed by atoms with van der Waals surface area (Å²) in [6.07, 6.45) is 0. The molecule has 0 aliphatic rings. The molecule has 0 spiro atoms. The molecule has 2 aromatic rings. The van der Waals surface area contributed by atoms with Crippen LogP contribution in [0.4, 0.5) is 13.2 Å². The zero-order valence-electron chi connectivity index (χ0n) is 10.8. The van der Waals surface area contributed by atoms with Crippen LogP contribution < -0.4 is 5.32 Å². The van der Waals surface area contributed by atoms with E-state index in [2.05, 4.69) is 5.32 Å². The molecule has 0 amide bonds. The number of rotatable bonds is 4. The van der Waals surface area contributed by atoms with Gasteiger partial charge in [0.05, 0.1) is 0 Å². The molecule has 0 aromatic heterocycles. The van der Waals surface area contributed by atoms with Crippen LogP contribution in [0.5, 0.6) is 0 Å². The van der Waals surface area contributed by atoms with Crippen LogP contribution >= 0.6 is 11.6 Å². The van der Waals surface area contributed by atoms with Crippen molar-refractivity contribution in [1.82, 2.24) is 5.32 Å². The summed E-state index contributed by atoms with van der Waals surface area (Å²) in [6, 6.07) is 7.01. The third-order valence-corrected chi connectivity index (χ3v) is 3.32. The van der Waals surface area contributed by atoms with Gasteiger partial charge < -0.3 is 5.32 Å². The molecule has 0 atom stereocenters. The molecule has 0 heterocycles. The lowest BCUT2D eigenvalue weighted by molar-refractivity contribution is 0.449. The third kappa shape index (κ3) is 2.97. The molecule has 0 aliphatic heterocycles. The fourth-order valence-electron chi connectivity index (χ4n) is 1.87. The van der Waals surface area contributed by atoms with Crippen molar-refractivity contribution in [3.8, 4) is 11.1 Å². The Bertz CT molecular complexity index is 629. The van der Waals surface area contributed by atoms with Gasteiger partial charge in [-0.1, -0.05) is 30.7 Å². The minimum atomic E-state index is -1.48. The van der Waals surface area contributed by atoms with Gasteiger partial charge in [-0.25, -0.2) is 13.2 Å². The van der Waals surface area contributed by atoms with E-state index in [0.717, 1.165) is 18.2 Å². The Labute approximate surface area is 120 Å². The van der Waals surface area contributed by atoms with Gasteiger partial charge in [0.15, 0.2) is 17.5 Å². The minimum absolute atomic E-state index is 0.0131. The molecule has 0 unspecified atom stereocenters. The summed E-state index contributed by atoms with van der Waals surface area (Å²) in [5, 5.41) is 3.58. The molecular formula is C15H13ClF3N. The second-order valence-corrected chi connectivity index (χ2v) is 4.72. The van der Waals surface area contributed by atoms with Crippen LogP contribution in [0.2, 0.25) is 5.02 Å². The zero-order chi connectivity index (χ0) is 14.7. The van der Waals surface area contributed by atoms with Gasteiger partial charge in [-0.15, -0.1) is 0 Å². The Balaban J connectivity index is 2.39. The normalized spacial score (nSPS) is 10.8. The SMILES string of the molecule is CCNCc1ccc(-c2ccc(F)c(F)c2F)cc1Cl. The molecular weight excluding hydrogens is 287 g/mol. The molecule has 1 nitrogen and oxygen atoms in total. The van der Waals surface area contributed by atoms with Crippen molar-refractivity contribution in [3.05, 3.63) is 58.4 Å². The van der Waals surface area contributed by atoms with Gasteiger partial charge in [-0.3, -0.25) is 0 Å². The van der Waals surface area contributed by atoms with Crippen LogP contribution in [0, 0.1) is 17.5 Å². The average molecular weight is 300 g/mol. The molecule has 0 aliphatic carbocycles. The fraction of sp³-hybridized carbons (Fsp3) is 0.200. The number of benzene rings is 2. The van der Waals surface area contributed by atoms with E-state index in [-0.39, 0.29) is 5.56 Å². The summed E-state index contributed by atoms with van der Waals surface area (Å²) in [5.74, 6) is -3.89. The van der Waals surface area contributed by atoms with Gasteiger partial charge >= 0.3 is 0 Å². The third-order valence-electron chi connectivity index (χ3n) is 2.96. The lowest BCUT2D eigenvalue weighted by Crippen LogP contribution is -2.11. The van der Waals surface area contributed by atoms with E-state index in [1.807, 2.05) is 6.92 Å². The summed E-state index contributed by atoms with van der Waals surface area (Å²) in [7, 11) is 0. The van der Waals surface area contributed by atoms with Crippen molar-refractivity contribution < 1.29 is 13.2 Å². The lowest BCUT2D eigenvalue weighted by Gasteiger charge is -2.09. The summed E-state index contributed by atoms with van der Waals surface area (Å²) in [6.45, 7) is 3.37. The van der Waals surface area contributed by atoms with Gasteiger partial charge in [0.1, 0.15) is 0 Å². The van der Waals surface area contributed by atoms with Crippen LogP contribution in [-0.2, 0) is 6.54 Å². The Morgan fingerprint density at radius 2 is 1.80 bits per heavy atom. The molecule has 0 fully saturated rings. The first-order chi connectivity index (χ1) is 9.54. The number of nitrogens with one attached hydrogen (secondary N) is 1. The highest BCUT2D eigenvalue weighted by atomic mass is 35.5. The van der Waals surface area contributed by atoms with Crippen LogP contribution in [-0.4, -0.2) is 6.54 Å². The van der Waals surface area contributed by atoms with Gasteiger partial charge in [0.2, 0.25) is 0 Å². The summed E-state index contributed by atoms with van der Waals surface area (Å²) < 4.78 is 39.9. The van der Waals surface area contributed by atoms with Crippen molar-refractivity contribution in [2.45, 2.75) is 13.5 Å². The Kier molecular flexibility index (Phi) is 4.68. The molecule has 1 N–H and O–H groups in total. The van der Waals surface area contributed by atoms with Crippen molar-refractivity contribution in [3.63, 3.8) is 0 Å². The highest BCUT2D eigenvalue weighted by molar-refractivity contribution is 6.31. The topological polar surface area (TPSA) is 12.0 Å². The van der Waals surface area contributed by atoms with Crippen LogP contribution in [0.1, 0.15) is 12.5 Å². The fourth-order valence-corrected chi connectivity index (χ4v) is 2.11. The van der Waals surface area contributed by atoms with E-state index < -0.39 is 17.5 Å². The van der Waals surface area contributed by atoms with E-state index in [9.17, 15) is 13.2 Å². The highest BCUT2D eigenvalue weighted by Crippen LogP contribution is 2.29. The monoisotopic (exact) mass is 299 g/mol. The first kappa shape index (κ1) is 14.9. The Morgan fingerprint density at radius 1 is 1.05 bits per heavy atom. The van der Waals surface area contributed by atoms with Gasteiger partial charge in [-0.2, -0.15) is 0 Å². The second kappa shape index (κ2) is 6.29. The van der Waals surface area contributed by atoms with Crippen LogP contribution in [0.15, 0.2) is 30.3 Å². The van der Waals surface area contributed by atoms with E-state index in [0.29, 0.717) is 17.1 Å². The molecule has 0 radical (unpaired) electrons. The van der Waals surface area contributed by atoms with E-state index >= 15 is 0 Å². The van der Waals surface area contributed by atoms with Gasteiger partial charge in [-0.05, 0) is 35.9 Å². The largest absolute Gasteiger partial charge is 0.313 e. The number of hydrogen-bond donors (Lipinski definition) is 1. The first-order valence-electron chi connectivity index (χ1n) is 6.17. The highest BCUT2D eigenvalue weighted by Gasteiger charge is 2.15. The summed E-state index contributed by atoms with van der Waals surface area (Å²) in [5.41, 5.74) is 1.26. The van der Waals surface area contributed by atoms with E-state index in [1.165, 1.54) is 6.07 Å². The van der Waals surface area contributed by atoms with Crippen molar-refractivity contribution in [2.24, 2.45) is 0 Å². The maximum Gasteiger partial charge on any atom is 0.195 e. The second-order valence-electron chi connectivity index (χ2n) is 4.31. The van der Waals surface area contributed by atoms with Crippen molar-refractivity contribution >= 4 is 11.6 Å². The zero-order valence-corrected chi connectivity index (χ0v) is 11.6. The standard InChI is InChI=1S/C15H13ClF3N/c1-2-20-8-10-4-3-9(7-12(10)16)11-5-6-13(17)15(19)14(11)18/h3-7,20H,2,8H2,1H3. The first-order valence-corrected chi connectivity index (χ1v) is 6.55. The summed E-state index contributed by atoms with van der Waals surface area (Å²) in [4.78, 5) is 0. The predicted molar refractivity (Wildman–Crippen MR) is 74.1 cm³/mol. The maximum absolute atomic E-state index is 13.7. The minimum Gasteiger partial charge on any atom is -0.313 e. The van der Waals surface area contributed by atoms with Crippen LogP contribution in [0.25, 0.3) is 11.1 Å². The number of hydrogen-bond acceptors (Lipinski definition) is 1. The molecule has 5 heteroatoms. The summed E-state index contributed by atoms with van der Waals surface area (Å²) >= 11 is 6.11. The molecule has 20 heavy (non-hydrogen) atoms. The Hall–Kier alpha value is -1.52. The van der Waals surface area contributed by atoms with Crippen LogP contribution in [0.3, 0.4) is 0 Å². The van der Waals surface area contributed by atoms with E-state index in [1.54, 1.807) is 18.2 Å². The quantitative estimate of drug-likeness (QED) is 0.818. The predicted octanol–water partition coefficient (Wildman–Crippen LogP) is 4.53. The molecule has 106 valence electrons. The molecule has 0 bridgehead atoms. The molecule has 2 aromatic carbocycles.